The number of hydrogen-bond donors (Lipinski definition) is 3. The van der Waals surface area contributed by atoms with Gasteiger partial charge in [-0.25, -0.2) is 4.98 Å². The molecule has 0 saturated carbocycles. The first-order valence-electron chi connectivity index (χ1n) is 14.8. The van der Waals surface area contributed by atoms with Crippen LogP contribution in [0.1, 0.15) is 70.6 Å². The molecule has 3 aromatic carbocycles. The minimum Gasteiger partial charge on any atom is -0.495 e. The highest BCUT2D eigenvalue weighted by Gasteiger charge is 2.32. The summed E-state index contributed by atoms with van der Waals surface area (Å²) in [5.74, 6) is -2.49. The van der Waals surface area contributed by atoms with Crippen molar-refractivity contribution in [2.75, 3.05) is 19.0 Å². The Balaban J connectivity index is 1.40. The summed E-state index contributed by atoms with van der Waals surface area (Å²) in [7, 11) is 1.28. The lowest BCUT2D eigenvalue weighted by molar-refractivity contribution is -0.138. The van der Waals surface area contributed by atoms with Gasteiger partial charge in [0.2, 0.25) is 5.91 Å². The smallest absolute Gasteiger partial charge is 0.416 e. The van der Waals surface area contributed by atoms with Crippen LogP contribution in [0.4, 0.5) is 18.3 Å². The predicted molar refractivity (Wildman–Crippen MR) is 170 cm³/mol. The van der Waals surface area contributed by atoms with Crippen LogP contribution in [0.5, 0.6) is 5.75 Å². The van der Waals surface area contributed by atoms with E-state index in [4.69, 9.17) is 9.84 Å². The second-order valence-corrected chi connectivity index (χ2v) is 12.0. The van der Waals surface area contributed by atoms with Gasteiger partial charge in [-0.15, -0.1) is 0 Å². The van der Waals surface area contributed by atoms with Crippen molar-refractivity contribution in [2.24, 2.45) is 0 Å². The number of nitrogens with one attached hydrogen (secondary N) is 2. The number of anilines is 1. The van der Waals surface area contributed by atoms with E-state index in [9.17, 15) is 27.6 Å². The number of methoxy groups -OCH3 is 1. The number of halogens is 3. The fourth-order valence-corrected chi connectivity index (χ4v) is 6.31. The Hall–Kier alpha value is -4.71. The Morgan fingerprint density at radius 2 is 1.78 bits per heavy atom. The molecular weight excluding hydrogens is 619 g/mol. The molecule has 1 heterocycles. The fraction of sp³-hybridized carbons (Fsp3) is 0.294. The van der Waals surface area contributed by atoms with Crippen LogP contribution in [0.15, 0.2) is 66.7 Å². The summed E-state index contributed by atoms with van der Waals surface area (Å²) in [4.78, 5) is 41.2. The molecule has 1 aliphatic carbocycles. The van der Waals surface area contributed by atoms with Crippen LogP contribution in [-0.4, -0.2) is 41.5 Å². The molecule has 8 nitrogen and oxygen atoms in total. The molecule has 46 heavy (non-hydrogen) atoms. The van der Waals surface area contributed by atoms with E-state index >= 15 is 0 Å². The van der Waals surface area contributed by atoms with E-state index in [0.717, 1.165) is 59.4 Å². The summed E-state index contributed by atoms with van der Waals surface area (Å²) in [5.41, 5.74) is 3.39. The van der Waals surface area contributed by atoms with Crippen LogP contribution in [0.2, 0.25) is 0 Å². The Labute approximate surface area is 267 Å². The molecule has 4 aromatic rings. The third kappa shape index (κ3) is 7.92. The van der Waals surface area contributed by atoms with Gasteiger partial charge in [-0.05, 0) is 78.6 Å². The third-order valence-corrected chi connectivity index (χ3v) is 8.81. The van der Waals surface area contributed by atoms with Gasteiger partial charge in [-0.2, -0.15) is 13.2 Å². The second kappa shape index (κ2) is 14.2. The number of amides is 2. The van der Waals surface area contributed by atoms with Crippen molar-refractivity contribution >= 4 is 50.0 Å². The number of alkyl halides is 3. The number of allylic oxidation sites excluding steroid dienone is 2. The number of carboxylic acids is 1. The number of carbonyl (C=O) groups is 3. The summed E-state index contributed by atoms with van der Waals surface area (Å²) >= 11 is 1.03. The van der Waals surface area contributed by atoms with Crippen molar-refractivity contribution in [2.45, 2.75) is 50.6 Å². The van der Waals surface area contributed by atoms with Gasteiger partial charge in [0.15, 0.2) is 5.13 Å². The molecule has 0 saturated heterocycles. The highest BCUT2D eigenvalue weighted by molar-refractivity contribution is 7.22. The molecule has 1 aliphatic rings. The highest BCUT2D eigenvalue weighted by atomic mass is 32.1. The van der Waals surface area contributed by atoms with Gasteiger partial charge in [-0.1, -0.05) is 53.8 Å². The van der Waals surface area contributed by atoms with Gasteiger partial charge in [0.1, 0.15) is 5.75 Å². The number of rotatable bonds is 11. The van der Waals surface area contributed by atoms with Gasteiger partial charge in [0.25, 0.3) is 5.91 Å². The van der Waals surface area contributed by atoms with Gasteiger partial charge in [0.05, 0.1) is 35.2 Å². The number of carbonyl (C=O) groups excluding carboxylic acids is 2. The number of thiazole rings is 1. The number of fused-ring (bicyclic) bond motifs is 1. The molecule has 5 rings (SSSR count). The van der Waals surface area contributed by atoms with Crippen LogP contribution in [0.25, 0.3) is 15.8 Å². The molecule has 240 valence electrons. The van der Waals surface area contributed by atoms with Gasteiger partial charge in [0, 0.05) is 12.1 Å². The maximum atomic E-state index is 13.8. The number of aromatic nitrogens is 1. The summed E-state index contributed by atoms with van der Waals surface area (Å²) in [6, 6.07) is 16.3. The summed E-state index contributed by atoms with van der Waals surface area (Å²) in [6.07, 6.45) is 2.06. The van der Waals surface area contributed by atoms with Crippen molar-refractivity contribution in [3.8, 4) is 5.75 Å². The Bertz CT molecular complexity index is 1770. The largest absolute Gasteiger partial charge is 0.495 e. The number of ether oxygens (including phenoxy) is 1. The first-order chi connectivity index (χ1) is 22.0. The number of nitrogens with zero attached hydrogens (tertiary/aromatic N) is 1. The number of aliphatic carboxylic acids is 1. The maximum Gasteiger partial charge on any atom is 0.416 e. The van der Waals surface area contributed by atoms with Gasteiger partial charge >= 0.3 is 12.1 Å². The zero-order chi connectivity index (χ0) is 32.8. The van der Waals surface area contributed by atoms with Crippen molar-refractivity contribution in [3.05, 3.63) is 94.6 Å². The lowest BCUT2D eigenvalue weighted by atomic mass is 9.88. The van der Waals surface area contributed by atoms with E-state index < -0.39 is 35.4 Å². The highest BCUT2D eigenvalue weighted by Crippen LogP contribution is 2.40. The quantitative estimate of drug-likeness (QED) is 0.155. The van der Waals surface area contributed by atoms with E-state index in [1.165, 1.54) is 19.1 Å². The van der Waals surface area contributed by atoms with Crippen molar-refractivity contribution < 1.29 is 37.4 Å². The fourth-order valence-electron chi connectivity index (χ4n) is 5.37. The Morgan fingerprint density at radius 3 is 2.41 bits per heavy atom. The lowest BCUT2D eigenvalue weighted by Gasteiger charge is -2.18. The molecular formula is C34H32F3N3O5S. The molecule has 3 N–H and O–H groups in total. The normalized spacial score (nSPS) is 14.0. The number of benzene rings is 3. The lowest BCUT2D eigenvalue weighted by Crippen LogP contribution is -2.26. The van der Waals surface area contributed by atoms with Gasteiger partial charge in [-0.3, -0.25) is 14.4 Å². The van der Waals surface area contributed by atoms with E-state index in [0.29, 0.717) is 10.3 Å². The topological polar surface area (TPSA) is 118 Å². The van der Waals surface area contributed by atoms with Crippen LogP contribution in [0.3, 0.4) is 0 Å². The first kappa shape index (κ1) is 32.7. The van der Waals surface area contributed by atoms with Crippen LogP contribution in [0, 0.1) is 0 Å². The second-order valence-electron chi connectivity index (χ2n) is 11.0. The Kier molecular flexibility index (Phi) is 10.1. The first-order valence-corrected chi connectivity index (χ1v) is 15.6. The van der Waals surface area contributed by atoms with Crippen LogP contribution >= 0.6 is 11.3 Å². The molecule has 2 amide bonds. The number of carboxylic acid groups (broad SMARTS) is 1. The van der Waals surface area contributed by atoms with E-state index in [2.05, 4.69) is 21.7 Å². The molecule has 0 spiro atoms. The third-order valence-electron chi connectivity index (χ3n) is 7.81. The standard InChI is InChI=1S/C34H32F3N3O5S/c1-45-28-19-25(34(35,36)37)18-27-30(28)46-33(39-27)40-32(44)26(23-13-11-22(12-14-23)21-5-3-2-4-6-21)17-20-7-9-24(10-8-20)31(43)38-16-15-29(41)42/h5,7-14,18-19,26H,2-4,6,15-17H2,1H3,(H,38,43)(H,41,42)(H,39,40,44). The minimum atomic E-state index is -4.59. The molecule has 1 unspecified atom stereocenters. The molecule has 0 bridgehead atoms. The number of hydrogen-bond acceptors (Lipinski definition) is 6. The van der Waals surface area contributed by atoms with Crippen molar-refractivity contribution in [1.29, 1.82) is 0 Å². The molecule has 0 radical (unpaired) electrons. The zero-order valence-electron chi connectivity index (χ0n) is 24.9. The van der Waals surface area contributed by atoms with E-state index in [-0.39, 0.29) is 35.8 Å². The summed E-state index contributed by atoms with van der Waals surface area (Å²) in [6.45, 7) is 0.000219. The predicted octanol–water partition coefficient (Wildman–Crippen LogP) is 7.45. The van der Waals surface area contributed by atoms with E-state index in [1.54, 1.807) is 24.3 Å². The molecule has 1 aromatic heterocycles. The van der Waals surface area contributed by atoms with Crippen LogP contribution in [-0.2, 0) is 22.2 Å². The molecule has 1 atom stereocenters. The van der Waals surface area contributed by atoms with Crippen LogP contribution < -0.4 is 15.4 Å². The average Bonchev–Trinajstić information content (AvgIpc) is 3.45. The Morgan fingerprint density at radius 1 is 1.04 bits per heavy atom. The summed E-state index contributed by atoms with van der Waals surface area (Å²) in [5, 5.41) is 14.3. The minimum absolute atomic E-state index is 0.000219. The van der Waals surface area contributed by atoms with Crippen molar-refractivity contribution in [3.63, 3.8) is 0 Å². The summed E-state index contributed by atoms with van der Waals surface area (Å²) < 4.78 is 45.9. The maximum absolute atomic E-state index is 13.8. The van der Waals surface area contributed by atoms with Gasteiger partial charge < -0.3 is 20.5 Å². The monoisotopic (exact) mass is 651 g/mol. The molecule has 0 fully saturated rings. The SMILES string of the molecule is COc1cc(C(F)(F)F)cc2nc(NC(=O)C(Cc3ccc(C(=O)NCCC(=O)O)cc3)c3ccc(C4=CCCCC4)cc3)sc12. The zero-order valence-corrected chi connectivity index (χ0v) is 25.8. The average molecular weight is 652 g/mol. The van der Waals surface area contributed by atoms with E-state index in [1.807, 2.05) is 24.3 Å². The molecule has 12 heteroatoms. The molecule has 0 aliphatic heterocycles. The van der Waals surface area contributed by atoms with Crippen molar-refractivity contribution in [1.82, 2.24) is 10.3 Å².